The number of carbonyl (C=O) groups excluding carboxylic acids is 1. The molecule has 0 atom stereocenters. The van der Waals surface area contributed by atoms with Crippen LogP contribution in [0.5, 0.6) is 0 Å². The van der Waals surface area contributed by atoms with Gasteiger partial charge in [-0.15, -0.1) is 0 Å². The Bertz CT molecular complexity index is 529. The van der Waals surface area contributed by atoms with Crippen LogP contribution >= 0.6 is 0 Å². The highest BCUT2D eigenvalue weighted by Gasteiger charge is 2.36. The molecule has 0 aliphatic heterocycles. The Labute approximate surface area is 122 Å². The molecule has 0 radical (unpaired) electrons. The van der Waals surface area contributed by atoms with Gasteiger partial charge >= 0.3 is 5.97 Å². The summed E-state index contributed by atoms with van der Waals surface area (Å²) < 4.78 is 4.87. The van der Waals surface area contributed by atoms with Crippen LogP contribution in [0, 0.1) is 5.41 Å². The Morgan fingerprint density at radius 3 is 2.20 bits per heavy atom. The van der Waals surface area contributed by atoms with Gasteiger partial charge in [-0.1, -0.05) is 72.9 Å². The van der Waals surface area contributed by atoms with E-state index in [1.165, 1.54) is 12.3 Å². The summed E-state index contributed by atoms with van der Waals surface area (Å²) in [6.45, 7) is 6.62. The third-order valence-electron chi connectivity index (χ3n) is 4.28. The van der Waals surface area contributed by atoms with Crippen molar-refractivity contribution in [2.45, 2.75) is 25.6 Å². The molecule has 1 aromatic carbocycles. The molecular formula is C17H22O2Si. The van der Waals surface area contributed by atoms with E-state index in [1.54, 1.807) is 0 Å². The average Bonchev–Trinajstić information content (AvgIpc) is 2.47. The summed E-state index contributed by atoms with van der Waals surface area (Å²) in [4.78, 5) is 11.8. The van der Waals surface area contributed by atoms with Crippen molar-refractivity contribution in [3.8, 4) is 0 Å². The number of allylic oxidation sites excluding steroid dienone is 2. The molecule has 0 amide bonds. The fourth-order valence-corrected chi connectivity index (χ4v) is 5.22. The number of ether oxygens (including phenoxy) is 1. The summed E-state index contributed by atoms with van der Waals surface area (Å²) in [6.07, 6.45) is 8.33. The number of carbonyl (C=O) groups is 1. The smallest absolute Gasteiger partial charge is 0.319 e. The molecule has 0 saturated carbocycles. The fourth-order valence-electron chi connectivity index (χ4n) is 2.62. The van der Waals surface area contributed by atoms with E-state index >= 15 is 0 Å². The van der Waals surface area contributed by atoms with E-state index in [1.807, 2.05) is 19.1 Å². The highest BCUT2D eigenvalue weighted by atomic mass is 28.3. The number of rotatable bonds is 3. The summed E-state index contributed by atoms with van der Waals surface area (Å²) in [5.74, 6) is -0.206. The zero-order valence-corrected chi connectivity index (χ0v) is 13.6. The van der Waals surface area contributed by atoms with Crippen molar-refractivity contribution in [3.63, 3.8) is 0 Å². The van der Waals surface area contributed by atoms with Gasteiger partial charge in [-0.25, -0.2) is 0 Å². The van der Waals surface area contributed by atoms with Gasteiger partial charge in [0.2, 0.25) is 0 Å². The summed E-state index contributed by atoms with van der Waals surface area (Å²) in [7, 11) is -0.177. The Morgan fingerprint density at radius 2 is 1.70 bits per heavy atom. The summed E-state index contributed by atoms with van der Waals surface area (Å²) in [5, 5.41) is 1.43. The summed E-state index contributed by atoms with van der Waals surface area (Å²) in [5.41, 5.74) is -0.213. The Morgan fingerprint density at radius 1 is 1.15 bits per heavy atom. The Balaban J connectivity index is 2.24. The predicted molar refractivity (Wildman–Crippen MR) is 85.7 cm³/mol. The quantitative estimate of drug-likeness (QED) is 0.484. The lowest BCUT2D eigenvalue weighted by Crippen LogP contribution is -2.45. The minimum absolute atomic E-state index is 0.206. The number of methoxy groups -OCH3 is 1. The van der Waals surface area contributed by atoms with Crippen LogP contribution in [0.1, 0.15) is 6.92 Å². The highest BCUT2D eigenvalue weighted by molar-refractivity contribution is 6.91. The molecule has 1 aromatic rings. The highest BCUT2D eigenvalue weighted by Crippen LogP contribution is 2.35. The van der Waals surface area contributed by atoms with Crippen LogP contribution in [0.2, 0.25) is 18.6 Å². The standard InChI is InChI=1S/C17H22O2Si/c1-17(16(18)19-2)12-10-15(11-13-17)20(3,4)14-8-6-5-7-9-14/h5-13,15H,1-4H3. The van der Waals surface area contributed by atoms with Crippen LogP contribution < -0.4 is 5.19 Å². The molecule has 0 N–H and O–H groups in total. The lowest BCUT2D eigenvalue weighted by molar-refractivity contribution is -0.146. The maximum atomic E-state index is 11.8. The lowest BCUT2D eigenvalue weighted by Gasteiger charge is -2.33. The van der Waals surface area contributed by atoms with Crippen molar-refractivity contribution in [3.05, 3.63) is 54.6 Å². The van der Waals surface area contributed by atoms with E-state index in [0.29, 0.717) is 5.54 Å². The predicted octanol–water partition coefficient (Wildman–Crippen LogP) is 3.28. The molecule has 0 fully saturated rings. The minimum Gasteiger partial charge on any atom is -0.468 e. The minimum atomic E-state index is -1.61. The SMILES string of the molecule is COC(=O)C1(C)C=CC([Si](C)(C)c2ccccc2)C=C1. The van der Waals surface area contributed by atoms with Crippen molar-refractivity contribution in [1.29, 1.82) is 0 Å². The topological polar surface area (TPSA) is 26.3 Å². The Kier molecular flexibility index (Phi) is 4.00. The van der Waals surface area contributed by atoms with E-state index in [-0.39, 0.29) is 5.97 Å². The lowest BCUT2D eigenvalue weighted by atomic mass is 9.86. The van der Waals surface area contributed by atoms with Crippen LogP contribution in [0.25, 0.3) is 0 Å². The second kappa shape index (κ2) is 5.41. The maximum Gasteiger partial charge on any atom is 0.319 e. The average molecular weight is 286 g/mol. The number of hydrogen-bond acceptors (Lipinski definition) is 2. The molecule has 20 heavy (non-hydrogen) atoms. The van der Waals surface area contributed by atoms with Crippen LogP contribution in [0.15, 0.2) is 54.6 Å². The van der Waals surface area contributed by atoms with E-state index in [4.69, 9.17) is 4.74 Å². The normalized spacial score (nSPS) is 25.5. The summed E-state index contributed by atoms with van der Waals surface area (Å²) >= 11 is 0. The van der Waals surface area contributed by atoms with Gasteiger partial charge in [-0.3, -0.25) is 4.79 Å². The zero-order chi connectivity index (χ0) is 14.8. The largest absolute Gasteiger partial charge is 0.468 e. The van der Waals surface area contributed by atoms with Gasteiger partial charge in [0.1, 0.15) is 5.41 Å². The molecule has 2 nitrogen and oxygen atoms in total. The molecule has 0 spiro atoms. The van der Waals surface area contributed by atoms with Crippen LogP contribution in [-0.4, -0.2) is 21.2 Å². The first-order chi connectivity index (χ1) is 9.40. The van der Waals surface area contributed by atoms with Gasteiger partial charge in [-0.2, -0.15) is 0 Å². The Hall–Kier alpha value is -1.61. The molecule has 0 unspecified atom stereocenters. The fraction of sp³-hybridized carbons (Fsp3) is 0.353. The van der Waals surface area contributed by atoms with E-state index in [0.717, 1.165) is 0 Å². The number of benzene rings is 1. The molecule has 1 aliphatic carbocycles. The van der Waals surface area contributed by atoms with E-state index < -0.39 is 13.5 Å². The molecule has 1 aliphatic rings. The van der Waals surface area contributed by atoms with Crippen molar-refractivity contribution >= 4 is 19.2 Å². The molecule has 0 saturated heterocycles. The molecular weight excluding hydrogens is 264 g/mol. The first kappa shape index (κ1) is 14.8. The van der Waals surface area contributed by atoms with Gasteiger partial charge in [0, 0.05) is 0 Å². The number of esters is 1. The van der Waals surface area contributed by atoms with Gasteiger partial charge in [0.15, 0.2) is 0 Å². The second-order valence-corrected chi connectivity index (χ2v) is 10.8. The first-order valence-corrected chi connectivity index (χ1v) is 10.0. The van der Waals surface area contributed by atoms with Gasteiger partial charge in [0.25, 0.3) is 0 Å². The van der Waals surface area contributed by atoms with Crippen molar-refractivity contribution in [2.24, 2.45) is 5.41 Å². The molecule has 106 valence electrons. The maximum absolute atomic E-state index is 11.8. The van der Waals surface area contributed by atoms with Crippen molar-refractivity contribution in [2.75, 3.05) is 7.11 Å². The second-order valence-electron chi connectivity index (χ2n) is 6.11. The molecule has 0 bridgehead atoms. The van der Waals surface area contributed by atoms with Crippen molar-refractivity contribution < 1.29 is 9.53 Å². The van der Waals surface area contributed by atoms with Gasteiger partial charge < -0.3 is 4.74 Å². The summed E-state index contributed by atoms with van der Waals surface area (Å²) in [6, 6.07) is 10.7. The van der Waals surface area contributed by atoms with Crippen LogP contribution in [0.4, 0.5) is 0 Å². The van der Waals surface area contributed by atoms with Crippen LogP contribution in [-0.2, 0) is 9.53 Å². The van der Waals surface area contributed by atoms with E-state index in [2.05, 4.69) is 55.6 Å². The molecule has 3 heteroatoms. The number of hydrogen-bond donors (Lipinski definition) is 0. The van der Waals surface area contributed by atoms with Crippen LogP contribution in [0.3, 0.4) is 0 Å². The van der Waals surface area contributed by atoms with E-state index in [9.17, 15) is 4.79 Å². The van der Waals surface area contributed by atoms with Crippen molar-refractivity contribution in [1.82, 2.24) is 0 Å². The monoisotopic (exact) mass is 286 g/mol. The molecule has 0 aromatic heterocycles. The van der Waals surface area contributed by atoms with Gasteiger partial charge in [-0.05, 0) is 12.5 Å². The molecule has 0 heterocycles. The molecule has 2 rings (SSSR count). The zero-order valence-electron chi connectivity index (χ0n) is 12.6. The third kappa shape index (κ3) is 2.63. The first-order valence-electron chi connectivity index (χ1n) is 6.93. The van der Waals surface area contributed by atoms with Gasteiger partial charge in [0.05, 0.1) is 15.2 Å². The third-order valence-corrected chi connectivity index (χ3v) is 8.15.